The Hall–Kier alpha value is -0.820. The molecule has 6 nitrogen and oxygen atoms in total. The zero-order valence-corrected chi connectivity index (χ0v) is 15.3. The van der Waals surface area contributed by atoms with Crippen molar-refractivity contribution in [3.63, 3.8) is 0 Å². The third-order valence-corrected chi connectivity index (χ3v) is 6.30. The van der Waals surface area contributed by atoms with Crippen LogP contribution >= 0.6 is 0 Å². The van der Waals surface area contributed by atoms with Crippen LogP contribution in [0.5, 0.6) is 0 Å². The molecule has 2 rings (SSSR count). The van der Waals surface area contributed by atoms with Crippen molar-refractivity contribution >= 4 is 15.9 Å². The van der Waals surface area contributed by atoms with Gasteiger partial charge in [0, 0.05) is 13.1 Å². The first-order chi connectivity index (χ1) is 10.6. The largest absolute Gasteiger partial charge is 0.444 e. The predicted octanol–water partition coefficient (Wildman–Crippen LogP) is 1.66. The van der Waals surface area contributed by atoms with Gasteiger partial charge in [-0.25, -0.2) is 13.2 Å². The number of nitrogens with one attached hydrogen (secondary N) is 1. The fourth-order valence-corrected chi connectivity index (χ4v) is 5.03. The van der Waals surface area contributed by atoms with Crippen LogP contribution in [0.4, 0.5) is 4.79 Å². The summed E-state index contributed by atoms with van der Waals surface area (Å²) < 4.78 is 28.3. The molecule has 0 aromatic heterocycles. The van der Waals surface area contributed by atoms with E-state index in [4.69, 9.17) is 4.74 Å². The normalized spacial score (nSPS) is 25.5. The van der Waals surface area contributed by atoms with Crippen molar-refractivity contribution < 1.29 is 17.9 Å². The molecule has 23 heavy (non-hydrogen) atoms. The first-order valence-corrected chi connectivity index (χ1v) is 10.4. The second kappa shape index (κ2) is 7.38. The summed E-state index contributed by atoms with van der Waals surface area (Å²) >= 11 is 0. The molecule has 2 aliphatic heterocycles. The molecule has 0 radical (unpaired) electrons. The Labute approximate surface area is 139 Å². The van der Waals surface area contributed by atoms with Crippen LogP contribution in [0.15, 0.2) is 0 Å². The Morgan fingerprint density at radius 3 is 2.26 bits per heavy atom. The van der Waals surface area contributed by atoms with E-state index in [0.717, 1.165) is 45.4 Å². The number of sulfone groups is 1. The molecule has 0 aromatic carbocycles. The van der Waals surface area contributed by atoms with Gasteiger partial charge in [-0.15, -0.1) is 0 Å². The number of carbonyl (C=O) groups excluding carboxylic acids is 1. The molecule has 1 N–H and O–H groups in total. The molecule has 2 aliphatic rings. The maximum absolute atomic E-state index is 12.0. The highest BCUT2D eigenvalue weighted by Crippen LogP contribution is 2.20. The first kappa shape index (κ1) is 18.5. The number of piperidine rings is 1. The fourth-order valence-electron chi connectivity index (χ4n) is 3.17. The minimum atomic E-state index is -2.78. The molecule has 1 amide bonds. The van der Waals surface area contributed by atoms with E-state index in [-0.39, 0.29) is 12.0 Å². The summed E-state index contributed by atoms with van der Waals surface area (Å²) in [5.74, 6) is 1.48. The van der Waals surface area contributed by atoms with E-state index in [1.165, 1.54) is 0 Å². The average Bonchev–Trinajstić information content (AvgIpc) is 2.77. The van der Waals surface area contributed by atoms with E-state index in [2.05, 4.69) is 5.32 Å². The van der Waals surface area contributed by atoms with Gasteiger partial charge in [0.25, 0.3) is 0 Å². The molecule has 0 saturated carbocycles. The number of hydrogen-bond acceptors (Lipinski definition) is 5. The van der Waals surface area contributed by atoms with Gasteiger partial charge in [0.05, 0.1) is 11.5 Å². The van der Waals surface area contributed by atoms with Crippen LogP contribution < -0.4 is 5.32 Å². The zero-order chi connectivity index (χ0) is 17.1. The Morgan fingerprint density at radius 1 is 1.13 bits per heavy atom. The Balaban J connectivity index is 1.62. The van der Waals surface area contributed by atoms with E-state index < -0.39 is 15.4 Å². The summed E-state index contributed by atoms with van der Waals surface area (Å²) in [7, 11) is -2.78. The second-order valence-corrected chi connectivity index (χ2v) is 10.1. The molecule has 0 spiro atoms. The third-order valence-electron chi connectivity index (χ3n) is 4.46. The maximum atomic E-state index is 12.0. The lowest BCUT2D eigenvalue weighted by atomic mass is 9.97. The van der Waals surface area contributed by atoms with Crippen molar-refractivity contribution in [1.29, 1.82) is 0 Å². The summed E-state index contributed by atoms with van der Waals surface area (Å²) in [6.45, 7) is 8.79. The van der Waals surface area contributed by atoms with Crippen molar-refractivity contribution in [3.8, 4) is 0 Å². The number of carbonyl (C=O) groups is 1. The van der Waals surface area contributed by atoms with Gasteiger partial charge < -0.3 is 15.0 Å². The molecule has 2 fully saturated rings. The Morgan fingerprint density at radius 2 is 1.74 bits per heavy atom. The number of ether oxygens (including phenoxy) is 1. The van der Waals surface area contributed by atoms with Gasteiger partial charge in [-0.05, 0) is 65.0 Å². The highest BCUT2D eigenvalue weighted by Gasteiger charge is 2.29. The zero-order valence-electron chi connectivity index (χ0n) is 14.5. The lowest BCUT2D eigenvalue weighted by molar-refractivity contribution is 0.0184. The smallest absolute Gasteiger partial charge is 0.410 e. The number of likely N-dealkylation sites (tertiary alicyclic amines) is 1. The summed E-state index contributed by atoms with van der Waals surface area (Å²) in [5.41, 5.74) is -0.447. The maximum Gasteiger partial charge on any atom is 0.410 e. The van der Waals surface area contributed by atoms with Gasteiger partial charge in [0.2, 0.25) is 0 Å². The molecule has 1 atom stereocenters. The van der Waals surface area contributed by atoms with Crippen LogP contribution in [0.25, 0.3) is 0 Å². The molecule has 2 heterocycles. The predicted molar refractivity (Wildman–Crippen MR) is 90.2 cm³/mol. The molecular formula is C16H30N2O4S. The van der Waals surface area contributed by atoms with Gasteiger partial charge in [0.1, 0.15) is 5.60 Å². The van der Waals surface area contributed by atoms with Crippen LogP contribution in [0.2, 0.25) is 0 Å². The minimum Gasteiger partial charge on any atom is -0.444 e. The Bertz CT molecular complexity index is 505. The molecule has 7 heteroatoms. The lowest BCUT2D eigenvalue weighted by Gasteiger charge is -2.33. The summed E-state index contributed by atoms with van der Waals surface area (Å²) in [5, 5.41) is 3.42. The van der Waals surface area contributed by atoms with Crippen LogP contribution in [-0.2, 0) is 14.6 Å². The number of nitrogens with zero attached hydrogens (tertiary/aromatic N) is 1. The van der Waals surface area contributed by atoms with E-state index in [1.54, 1.807) is 4.90 Å². The summed E-state index contributed by atoms with van der Waals surface area (Å²) in [4.78, 5) is 13.8. The van der Waals surface area contributed by atoms with Gasteiger partial charge in [-0.1, -0.05) is 0 Å². The number of amides is 1. The topological polar surface area (TPSA) is 75.7 Å². The number of rotatable bonds is 4. The fraction of sp³-hybridized carbons (Fsp3) is 0.938. The van der Waals surface area contributed by atoms with Crippen molar-refractivity contribution in [1.82, 2.24) is 10.2 Å². The first-order valence-electron chi connectivity index (χ1n) is 8.54. The summed E-state index contributed by atoms with van der Waals surface area (Å²) in [6, 6.07) is 0. The average molecular weight is 346 g/mol. The quantitative estimate of drug-likeness (QED) is 0.838. The van der Waals surface area contributed by atoms with Gasteiger partial charge in [-0.2, -0.15) is 0 Å². The van der Waals surface area contributed by atoms with Gasteiger partial charge in [0.15, 0.2) is 9.84 Å². The number of hydrogen-bond donors (Lipinski definition) is 1. The molecule has 0 aromatic rings. The van der Waals surface area contributed by atoms with Crippen molar-refractivity contribution in [2.75, 3.05) is 37.7 Å². The van der Waals surface area contributed by atoms with Crippen molar-refractivity contribution in [3.05, 3.63) is 0 Å². The van der Waals surface area contributed by atoms with E-state index in [9.17, 15) is 13.2 Å². The van der Waals surface area contributed by atoms with E-state index in [0.29, 0.717) is 17.4 Å². The van der Waals surface area contributed by atoms with Crippen LogP contribution in [0.3, 0.4) is 0 Å². The summed E-state index contributed by atoms with van der Waals surface area (Å²) in [6.07, 6.45) is 2.50. The Kier molecular flexibility index (Phi) is 5.94. The SMILES string of the molecule is CC(C)(C)OC(=O)N1CCC(CNCC2CCS(=O)(=O)C2)CC1. The standard InChI is InChI=1S/C16H30N2O4S/c1-16(2,3)22-15(19)18-7-4-13(5-8-18)10-17-11-14-6-9-23(20,21)12-14/h13-14,17H,4-12H2,1-3H3. The molecule has 2 saturated heterocycles. The van der Waals surface area contributed by atoms with Crippen molar-refractivity contribution in [2.24, 2.45) is 11.8 Å². The molecular weight excluding hydrogens is 316 g/mol. The van der Waals surface area contributed by atoms with Crippen LogP contribution in [0, 0.1) is 11.8 Å². The highest BCUT2D eigenvalue weighted by atomic mass is 32.2. The third kappa shape index (κ3) is 6.30. The molecule has 0 aliphatic carbocycles. The van der Waals surface area contributed by atoms with E-state index in [1.807, 2.05) is 20.8 Å². The second-order valence-electron chi connectivity index (χ2n) is 7.84. The van der Waals surface area contributed by atoms with Gasteiger partial charge >= 0.3 is 6.09 Å². The lowest BCUT2D eigenvalue weighted by Crippen LogP contribution is -2.43. The van der Waals surface area contributed by atoms with Crippen LogP contribution in [-0.4, -0.2) is 62.7 Å². The molecule has 0 bridgehead atoms. The highest BCUT2D eigenvalue weighted by molar-refractivity contribution is 7.91. The van der Waals surface area contributed by atoms with Crippen LogP contribution in [0.1, 0.15) is 40.0 Å². The molecule has 1 unspecified atom stereocenters. The van der Waals surface area contributed by atoms with Crippen molar-refractivity contribution in [2.45, 2.75) is 45.6 Å². The van der Waals surface area contributed by atoms with Gasteiger partial charge in [-0.3, -0.25) is 0 Å². The monoisotopic (exact) mass is 346 g/mol. The minimum absolute atomic E-state index is 0.222. The molecule has 134 valence electrons. The van der Waals surface area contributed by atoms with E-state index >= 15 is 0 Å².